The number of tetrazole rings is 1. The van der Waals surface area contributed by atoms with Crippen LogP contribution in [0.5, 0.6) is 0 Å². The molecule has 0 unspecified atom stereocenters. The molecule has 0 saturated carbocycles. The molecule has 0 aliphatic rings. The van der Waals surface area contributed by atoms with Crippen LogP contribution in [0.4, 0.5) is 0 Å². The van der Waals surface area contributed by atoms with E-state index in [0.29, 0.717) is 22.1 Å². The van der Waals surface area contributed by atoms with Gasteiger partial charge in [0.25, 0.3) is 5.56 Å². The number of rotatable bonds is 8. The minimum absolute atomic E-state index is 0.108. The van der Waals surface area contributed by atoms with Crippen LogP contribution in [0.2, 0.25) is 0 Å². The summed E-state index contributed by atoms with van der Waals surface area (Å²) in [7, 11) is 0. The topological polar surface area (TPSA) is 95.8 Å². The van der Waals surface area contributed by atoms with Gasteiger partial charge in [-0.3, -0.25) is 9.20 Å². The third kappa shape index (κ3) is 3.87. The summed E-state index contributed by atoms with van der Waals surface area (Å²) in [6.45, 7) is 7.17. The van der Waals surface area contributed by atoms with Gasteiger partial charge < -0.3 is 0 Å². The number of thioether (sulfide) groups is 1. The number of hydrogen-bond donors (Lipinski definition) is 0. The van der Waals surface area contributed by atoms with Crippen LogP contribution in [0.15, 0.2) is 58.5 Å². The first-order valence-electron chi connectivity index (χ1n) is 11.5. The lowest BCUT2D eigenvalue weighted by Crippen LogP contribution is -2.23. The van der Waals surface area contributed by atoms with Crippen molar-refractivity contribution < 1.29 is 0 Å². The molecule has 5 aromatic rings. The Morgan fingerprint density at radius 1 is 1.00 bits per heavy atom. The fourth-order valence-electron chi connectivity index (χ4n) is 4.11. The van der Waals surface area contributed by atoms with Crippen molar-refractivity contribution in [1.29, 1.82) is 0 Å². The van der Waals surface area contributed by atoms with Crippen molar-refractivity contribution in [2.24, 2.45) is 0 Å². The summed E-state index contributed by atoms with van der Waals surface area (Å²) in [4.78, 5) is 13.7. The van der Waals surface area contributed by atoms with E-state index >= 15 is 0 Å². The average molecular weight is 475 g/mol. The molecule has 0 saturated heterocycles. The molecule has 10 heteroatoms. The van der Waals surface area contributed by atoms with Crippen molar-refractivity contribution in [1.82, 2.24) is 39.4 Å². The normalized spacial score (nSPS) is 11.8. The molecule has 0 atom stereocenters. The van der Waals surface area contributed by atoms with E-state index in [9.17, 15) is 4.79 Å². The number of hydrogen-bond acceptors (Lipinski definition) is 7. The number of aromatic nitrogens is 8. The van der Waals surface area contributed by atoms with Crippen LogP contribution in [0, 0.1) is 0 Å². The molecule has 2 aromatic carbocycles. The lowest BCUT2D eigenvalue weighted by molar-refractivity contribution is 0.540. The first kappa shape index (κ1) is 22.3. The molecule has 3 aromatic heterocycles. The van der Waals surface area contributed by atoms with Crippen LogP contribution >= 0.6 is 11.8 Å². The summed E-state index contributed by atoms with van der Waals surface area (Å²) < 4.78 is 5.48. The van der Waals surface area contributed by atoms with E-state index in [-0.39, 0.29) is 11.5 Å². The van der Waals surface area contributed by atoms with E-state index in [2.05, 4.69) is 52.6 Å². The number of aryl methyl sites for hydroxylation is 1. The number of fused-ring (bicyclic) bond motifs is 3. The van der Waals surface area contributed by atoms with E-state index in [1.54, 1.807) is 4.57 Å². The van der Waals surface area contributed by atoms with Crippen molar-refractivity contribution in [3.05, 3.63) is 70.3 Å². The highest BCUT2D eigenvalue weighted by Crippen LogP contribution is 2.28. The maximum absolute atomic E-state index is 13.7. The van der Waals surface area contributed by atoms with Gasteiger partial charge in [0, 0.05) is 6.54 Å². The number of nitrogens with zero attached hydrogens (tertiary/aromatic N) is 8. The highest BCUT2D eigenvalue weighted by molar-refractivity contribution is 7.98. The summed E-state index contributed by atoms with van der Waals surface area (Å²) in [5, 5.41) is 22.4. The lowest BCUT2D eigenvalue weighted by Gasteiger charge is -2.16. The van der Waals surface area contributed by atoms with E-state index in [1.807, 2.05) is 51.5 Å². The predicted molar refractivity (Wildman–Crippen MR) is 132 cm³/mol. The van der Waals surface area contributed by atoms with Crippen LogP contribution < -0.4 is 5.56 Å². The fraction of sp³-hybridized carbons (Fsp3) is 0.333. The van der Waals surface area contributed by atoms with Crippen LogP contribution in [0.3, 0.4) is 0 Å². The second kappa shape index (κ2) is 9.38. The largest absolute Gasteiger partial charge is 0.268 e. The smallest absolute Gasteiger partial charge is 0.267 e. The Morgan fingerprint density at radius 2 is 1.79 bits per heavy atom. The van der Waals surface area contributed by atoms with E-state index < -0.39 is 0 Å². The third-order valence-corrected chi connectivity index (χ3v) is 6.78. The molecule has 0 bridgehead atoms. The van der Waals surface area contributed by atoms with Gasteiger partial charge in [-0.2, -0.15) is 0 Å². The van der Waals surface area contributed by atoms with E-state index in [4.69, 9.17) is 0 Å². The Morgan fingerprint density at radius 3 is 2.62 bits per heavy atom. The Kier molecular flexibility index (Phi) is 6.14. The van der Waals surface area contributed by atoms with Gasteiger partial charge in [-0.1, -0.05) is 69.3 Å². The standard InChI is InChI=1S/C24H26N8OS/c1-4-5-14-30-21(25-28-29-30)15-34-24-27-26-23-31(19-12-8-6-10-17(19)16(2)3)22(33)18-11-7-9-13-20(18)32(23)24/h6-13,16H,4-5,14-15H2,1-3H3. The van der Waals surface area contributed by atoms with Gasteiger partial charge >= 0.3 is 0 Å². The molecule has 3 heterocycles. The monoisotopic (exact) mass is 474 g/mol. The van der Waals surface area contributed by atoms with Gasteiger partial charge in [0.2, 0.25) is 5.78 Å². The molecular formula is C24H26N8OS. The Hall–Kier alpha value is -3.53. The summed E-state index contributed by atoms with van der Waals surface area (Å²) in [5.41, 5.74) is 2.57. The lowest BCUT2D eigenvalue weighted by atomic mass is 10.0. The van der Waals surface area contributed by atoms with Gasteiger partial charge in [-0.25, -0.2) is 9.25 Å². The third-order valence-electron chi connectivity index (χ3n) is 5.85. The molecule has 34 heavy (non-hydrogen) atoms. The van der Waals surface area contributed by atoms with Crippen molar-refractivity contribution >= 4 is 28.4 Å². The van der Waals surface area contributed by atoms with Gasteiger partial charge in [0.1, 0.15) is 0 Å². The van der Waals surface area contributed by atoms with Crippen molar-refractivity contribution in [3.8, 4) is 5.69 Å². The first-order chi connectivity index (χ1) is 16.6. The van der Waals surface area contributed by atoms with Crippen molar-refractivity contribution in [2.45, 2.75) is 57.0 Å². The zero-order valence-corrected chi connectivity index (χ0v) is 20.2. The quantitative estimate of drug-likeness (QED) is 0.310. The molecule has 0 radical (unpaired) electrons. The molecule has 0 fully saturated rings. The second-order valence-corrected chi connectivity index (χ2v) is 9.39. The van der Waals surface area contributed by atoms with Crippen LogP contribution in [0.25, 0.3) is 22.4 Å². The number of unbranched alkanes of at least 4 members (excludes halogenated alkanes) is 1. The van der Waals surface area contributed by atoms with E-state index in [1.165, 1.54) is 11.8 Å². The molecule has 9 nitrogen and oxygen atoms in total. The minimum Gasteiger partial charge on any atom is -0.268 e. The Bertz CT molecular complexity index is 1520. The minimum atomic E-state index is -0.108. The molecule has 0 aliphatic carbocycles. The maximum Gasteiger partial charge on any atom is 0.267 e. The molecule has 0 spiro atoms. The van der Waals surface area contributed by atoms with Gasteiger partial charge in [0.15, 0.2) is 11.0 Å². The summed E-state index contributed by atoms with van der Waals surface area (Å²) >= 11 is 1.51. The molecule has 0 amide bonds. The molecule has 5 rings (SSSR count). The van der Waals surface area contributed by atoms with Crippen molar-refractivity contribution in [3.63, 3.8) is 0 Å². The van der Waals surface area contributed by atoms with Crippen molar-refractivity contribution in [2.75, 3.05) is 0 Å². The Labute approximate surface area is 200 Å². The number of benzene rings is 2. The molecular weight excluding hydrogens is 448 g/mol. The summed E-state index contributed by atoms with van der Waals surface area (Å²) in [6.07, 6.45) is 2.09. The number of para-hydroxylation sites is 2. The predicted octanol–water partition coefficient (Wildman–Crippen LogP) is 4.24. The van der Waals surface area contributed by atoms with Gasteiger partial charge in [-0.15, -0.1) is 15.3 Å². The average Bonchev–Trinajstić information content (AvgIpc) is 3.48. The first-order valence-corrected chi connectivity index (χ1v) is 12.4. The molecule has 0 aliphatic heterocycles. The summed E-state index contributed by atoms with van der Waals surface area (Å²) in [5.74, 6) is 2.07. The van der Waals surface area contributed by atoms with Gasteiger partial charge in [-0.05, 0) is 46.5 Å². The SMILES string of the molecule is CCCCn1nnnc1CSc1nnc2n(-c3ccccc3C(C)C)c(=O)c3ccccc3n12. The second-order valence-electron chi connectivity index (χ2n) is 8.45. The zero-order chi connectivity index (χ0) is 23.7. The highest BCUT2D eigenvalue weighted by Gasteiger charge is 2.20. The Balaban J connectivity index is 1.66. The van der Waals surface area contributed by atoms with Crippen LogP contribution in [-0.2, 0) is 12.3 Å². The molecule has 174 valence electrons. The highest BCUT2D eigenvalue weighted by atomic mass is 32.2. The van der Waals surface area contributed by atoms with Crippen LogP contribution in [0.1, 0.15) is 50.9 Å². The molecule has 0 N–H and O–H groups in total. The zero-order valence-electron chi connectivity index (χ0n) is 19.4. The fourth-order valence-corrected chi connectivity index (χ4v) is 4.98. The summed E-state index contributed by atoms with van der Waals surface area (Å²) in [6, 6.07) is 15.6. The van der Waals surface area contributed by atoms with Crippen LogP contribution in [-0.4, -0.2) is 39.4 Å². The van der Waals surface area contributed by atoms with E-state index in [0.717, 1.165) is 42.0 Å². The maximum atomic E-state index is 13.7. The van der Waals surface area contributed by atoms with Gasteiger partial charge in [0.05, 0.1) is 22.3 Å².